The molecular weight excluding hydrogens is 317 g/mol. The van der Waals surface area contributed by atoms with Crippen molar-refractivity contribution in [3.8, 4) is 5.75 Å². The SMILES string of the molecule is CC(C)CNCCCCCOc1cc(Cl)c(Cl)cc1Cl. The number of ether oxygens (including phenoxy) is 1. The highest BCUT2D eigenvalue weighted by Crippen LogP contribution is 2.33. The zero-order chi connectivity index (χ0) is 15.0. The first-order chi connectivity index (χ1) is 9.50. The number of hydrogen-bond donors (Lipinski definition) is 1. The third-order valence-electron chi connectivity index (χ3n) is 2.78. The van der Waals surface area contributed by atoms with E-state index in [1.165, 1.54) is 0 Å². The lowest BCUT2D eigenvalue weighted by molar-refractivity contribution is 0.305. The van der Waals surface area contributed by atoms with E-state index in [0.717, 1.165) is 32.4 Å². The summed E-state index contributed by atoms with van der Waals surface area (Å²) in [7, 11) is 0. The quantitative estimate of drug-likeness (QED) is 0.478. The topological polar surface area (TPSA) is 21.3 Å². The van der Waals surface area contributed by atoms with E-state index in [9.17, 15) is 0 Å². The van der Waals surface area contributed by atoms with Crippen LogP contribution in [0.25, 0.3) is 0 Å². The van der Waals surface area contributed by atoms with Crippen molar-refractivity contribution in [1.82, 2.24) is 5.32 Å². The highest BCUT2D eigenvalue weighted by atomic mass is 35.5. The fraction of sp³-hybridized carbons (Fsp3) is 0.600. The molecule has 0 atom stereocenters. The highest BCUT2D eigenvalue weighted by molar-refractivity contribution is 6.43. The Labute approximate surface area is 136 Å². The van der Waals surface area contributed by atoms with E-state index in [2.05, 4.69) is 19.2 Å². The van der Waals surface area contributed by atoms with Crippen LogP contribution >= 0.6 is 34.8 Å². The number of benzene rings is 1. The molecule has 0 aromatic heterocycles. The van der Waals surface area contributed by atoms with Crippen molar-refractivity contribution < 1.29 is 4.74 Å². The summed E-state index contributed by atoms with van der Waals surface area (Å²) in [4.78, 5) is 0. The summed E-state index contributed by atoms with van der Waals surface area (Å²) in [5.74, 6) is 1.30. The molecule has 1 N–H and O–H groups in total. The second-order valence-electron chi connectivity index (χ2n) is 5.20. The van der Waals surface area contributed by atoms with E-state index in [0.29, 0.717) is 33.3 Å². The molecule has 0 saturated carbocycles. The van der Waals surface area contributed by atoms with Crippen molar-refractivity contribution in [2.24, 2.45) is 5.92 Å². The molecule has 1 aromatic carbocycles. The van der Waals surface area contributed by atoms with E-state index in [1.54, 1.807) is 12.1 Å². The molecule has 114 valence electrons. The fourth-order valence-electron chi connectivity index (χ4n) is 1.72. The van der Waals surface area contributed by atoms with Gasteiger partial charge in [-0.05, 0) is 44.3 Å². The third-order valence-corrected chi connectivity index (χ3v) is 3.80. The minimum Gasteiger partial charge on any atom is -0.492 e. The van der Waals surface area contributed by atoms with E-state index < -0.39 is 0 Å². The molecule has 5 heteroatoms. The normalized spacial score (nSPS) is 11.1. The van der Waals surface area contributed by atoms with E-state index in [-0.39, 0.29) is 0 Å². The van der Waals surface area contributed by atoms with Crippen LogP contribution in [-0.2, 0) is 0 Å². The number of rotatable bonds is 9. The fourth-order valence-corrected chi connectivity index (χ4v) is 2.31. The smallest absolute Gasteiger partial charge is 0.139 e. The molecule has 1 aromatic rings. The van der Waals surface area contributed by atoms with Gasteiger partial charge in [0.05, 0.1) is 21.7 Å². The van der Waals surface area contributed by atoms with Gasteiger partial charge in [-0.1, -0.05) is 48.7 Å². The average Bonchev–Trinajstić information content (AvgIpc) is 2.38. The summed E-state index contributed by atoms with van der Waals surface area (Å²) in [5, 5.41) is 4.83. The number of nitrogens with one attached hydrogen (secondary N) is 1. The van der Waals surface area contributed by atoms with Crippen LogP contribution in [0.4, 0.5) is 0 Å². The second kappa shape index (κ2) is 9.73. The van der Waals surface area contributed by atoms with E-state index in [4.69, 9.17) is 39.5 Å². The largest absolute Gasteiger partial charge is 0.492 e. The predicted molar refractivity (Wildman–Crippen MR) is 88.5 cm³/mol. The van der Waals surface area contributed by atoms with E-state index in [1.807, 2.05) is 0 Å². The lowest BCUT2D eigenvalue weighted by Crippen LogP contribution is -2.20. The van der Waals surface area contributed by atoms with Crippen LogP contribution in [0.2, 0.25) is 15.1 Å². The molecule has 0 spiro atoms. The van der Waals surface area contributed by atoms with Crippen molar-refractivity contribution >= 4 is 34.8 Å². The minimum atomic E-state index is 0.445. The predicted octanol–water partition coefficient (Wildman–Crippen LogP) is 5.44. The first kappa shape index (κ1) is 17.9. The Morgan fingerprint density at radius 2 is 1.70 bits per heavy atom. The van der Waals surface area contributed by atoms with Gasteiger partial charge in [0, 0.05) is 6.07 Å². The van der Waals surface area contributed by atoms with Gasteiger partial charge in [-0.15, -0.1) is 0 Å². The molecule has 0 aliphatic rings. The summed E-state index contributed by atoms with van der Waals surface area (Å²) in [5.41, 5.74) is 0. The Morgan fingerprint density at radius 1 is 1.00 bits per heavy atom. The summed E-state index contributed by atoms with van der Waals surface area (Å²) in [6, 6.07) is 3.27. The number of hydrogen-bond acceptors (Lipinski definition) is 2. The Bertz CT molecular complexity index is 410. The van der Waals surface area contributed by atoms with Gasteiger partial charge in [-0.25, -0.2) is 0 Å². The van der Waals surface area contributed by atoms with E-state index >= 15 is 0 Å². The Balaban J connectivity index is 2.14. The molecule has 0 aliphatic heterocycles. The molecule has 0 amide bonds. The van der Waals surface area contributed by atoms with Gasteiger partial charge in [-0.2, -0.15) is 0 Å². The van der Waals surface area contributed by atoms with Crippen LogP contribution in [-0.4, -0.2) is 19.7 Å². The van der Waals surface area contributed by atoms with Crippen LogP contribution in [0.3, 0.4) is 0 Å². The Morgan fingerprint density at radius 3 is 2.40 bits per heavy atom. The molecule has 0 fully saturated rings. The molecule has 0 saturated heterocycles. The van der Waals surface area contributed by atoms with Gasteiger partial charge in [0.2, 0.25) is 0 Å². The van der Waals surface area contributed by atoms with Gasteiger partial charge in [-0.3, -0.25) is 0 Å². The number of halogens is 3. The van der Waals surface area contributed by atoms with Crippen LogP contribution in [0.15, 0.2) is 12.1 Å². The van der Waals surface area contributed by atoms with Crippen molar-refractivity contribution in [3.05, 3.63) is 27.2 Å². The van der Waals surface area contributed by atoms with Crippen molar-refractivity contribution in [1.29, 1.82) is 0 Å². The van der Waals surface area contributed by atoms with Crippen molar-refractivity contribution in [3.63, 3.8) is 0 Å². The summed E-state index contributed by atoms with van der Waals surface area (Å²) >= 11 is 17.8. The zero-order valence-electron chi connectivity index (χ0n) is 12.0. The molecule has 1 rings (SSSR count). The molecular formula is C15H22Cl3NO. The molecule has 0 heterocycles. The van der Waals surface area contributed by atoms with Crippen molar-refractivity contribution in [2.45, 2.75) is 33.1 Å². The third kappa shape index (κ3) is 7.03. The maximum absolute atomic E-state index is 6.03. The van der Waals surface area contributed by atoms with Crippen LogP contribution in [0.5, 0.6) is 5.75 Å². The van der Waals surface area contributed by atoms with Gasteiger partial charge < -0.3 is 10.1 Å². The lowest BCUT2D eigenvalue weighted by atomic mass is 10.2. The maximum atomic E-state index is 6.03. The standard InChI is InChI=1S/C15H22Cl3NO/c1-11(2)10-19-6-4-3-5-7-20-15-9-13(17)12(16)8-14(15)18/h8-9,11,19H,3-7,10H2,1-2H3. The average molecular weight is 339 g/mol. The maximum Gasteiger partial charge on any atom is 0.139 e. The van der Waals surface area contributed by atoms with Crippen LogP contribution in [0.1, 0.15) is 33.1 Å². The minimum absolute atomic E-state index is 0.445. The molecule has 2 nitrogen and oxygen atoms in total. The molecule has 0 radical (unpaired) electrons. The monoisotopic (exact) mass is 337 g/mol. The second-order valence-corrected chi connectivity index (χ2v) is 6.43. The summed E-state index contributed by atoms with van der Waals surface area (Å²) in [6.45, 7) is 7.20. The highest BCUT2D eigenvalue weighted by Gasteiger charge is 2.06. The molecule has 0 unspecified atom stereocenters. The van der Waals surface area contributed by atoms with Gasteiger partial charge in [0.25, 0.3) is 0 Å². The molecule has 20 heavy (non-hydrogen) atoms. The molecule has 0 bridgehead atoms. The summed E-state index contributed by atoms with van der Waals surface area (Å²) < 4.78 is 5.62. The Kier molecular flexibility index (Phi) is 8.70. The van der Waals surface area contributed by atoms with Gasteiger partial charge in [0.1, 0.15) is 5.75 Å². The molecule has 0 aliphatic carbocycles. The van der Waals surface area contributed by atoms with Crippen molar-refractivity contribution in [2.75, 3.05) is 19.7 Å². The number of unbranched alkanes of at least 4 members (excludes halogenated alkanes) is 2. The first-order valence-corrected chi connectivity index (χ1v) is 8.12. The lowest BCUT2D eigenvalue weighted by Gasteiger charge is -2.10. The Hall–Kier alpha value is -0.150. The summed E-state index contributed by atoms with van der Waals surface area (Å²) in [6.07, 6.45) is 3.29. The van der Waals surface area contributed by atoms with Crippen LogP contribution in [0, 0.1) is 5.92 Å². The zero-order valence-corrected chi connectivity index (χ0v) is 14.3. The van der Waals surface area contributed by atoms with Gasteiger partial charge in [0.15, 0.2) is 0 Å². The van der Waals surface area contributed by atoms with Crippen LogP contribution < -0.4 is 10.1 Å². The van der Waals surface area contributed by atoms with Gasteiger partial charge >= 0.3 is 0 Å². The first-order valence-electron chi connectivity index (χ1n) is 6.98.